The summed E-state index contributed by atoms with van der Waals surface area (Å²) in [7, 11) is 1.85. The Balaban J connectivity index is 2.67. The van der Waals surface area contributed by atoms with Crippen LogP contribution >= 0.6 is 0 Å². The van der Waals surface area contributed by atoms with Crippen molar-refractivity contribution in [2.75, 3.05) is 7.11 Å². The van der Waals surface area contributed by atoms with Crippen molar-refractivity contribution in [2.24, 2.45) is 11.8 Å². The van der Waals surface area contributed by atoms with E-state index in [1.807, 2.05) is 7.11 Å². The molecule has 1 fully saturated rings. The summed E-state index contributed by atoms with van der Waals surface area (Å²) in [5.41, 5.74) is 3.02. The Morgan fingerprint density at radius 1 is 1.18 bits per heavy atom. The van der Waals surface area contributed by atoms with Crippen molar-refractivity contribution in [2.45, 2.75) is 76.9 Å². The molecule has 0 saturated heterocycles. The van der Waals surface area contributed by atoms with Gasteiger partial charge in [0.15, 0.2) is 0 Å². The van der Waals surface area contributed by atoms with Gasteiger partial charge in [-0.2, -0.15) is 0 Å². The Hall–Kier alpha value is -0.120. The molecule has 3 heteroatoms. The quantitative estimate of drug-likeness (QED) is 0.533. The second kappa shape index (κ2) is 7.34. The third-order valence-corrected chi connectivity index (χ3v) is 4.67. The van der Waals surface area contributed by atoms with Crippen molar-refractivity contribution >= 4 is 0 Å². The van der Waals surface area contributed by atoms with Crippen LogP contribution in [-0.4, -0.2) is 18.8 Å². The predicted octanol–water partition coefficient (Wildman–Crippen LogP) is 2.99. The molecule has 1 unspecified atom stereocenters. The van der Waals surface area contributed by atoms with Crippen LogP contribution in [0.25, 0.3) is 0 Å². The monoisotopic (exact) mass is 242 g/mol. The molecule has 0 aromatic carbocycles. The van der Waals surface area contributed by atoms with E-state index < -0.39 is 0 Å². The van der Waals surface area contributed by atoms with E-state index in [-0.39, 0.29) is 5.60 Å². The van der Waals surface area contributed by atoms with Crippen molar-refractivity contribution in [3.05, 3.63) is 0 Å². The molecule has 1 atom stereocenters. The molecule has 0 aromatic heterocycles. The van der Waals surface area contributed by atoms with Crippen LogP contribution in [0.1, 0.15) is 65.2 Å². The first-order valence-corrected chi connectivity index (χ1v) is 7.23. The smallest absolute Gasteiger partial charge is 0.0844 e. The summed E-state index contributed by atoms with van der Waals surface area (Å²) in [6, 6.07) is 0.303. The number of nitrogens with two attached hydrogens (primary N) is 1. The standard InChI is InChI=1S/C14H30N2O/c1-4-12(5-2)11-13(16-15)14(17-3)9-7-6-8-10-14/h12-13,16H,4-11,15H2,1-3H3. The van der Waals surface area contributed by atoms with Crippen molar-refractivity contribution in [3.63, 3.8) is 0 Å². The lowest BCUT2D eigenvalue weighted by atomic mass is 9.76. The Morgan fingerprint density at radius 2 is 1.76 bits per heavy atom. The van der Waals surface area contributed by atoms with Crippen molar-refractivity contribution in [1.82, 2.24) is 5.43 Å². The molecule has 0 radical (unpaired) electrons. The van der Waals surface area contributed by atoms with Gasteiger partial charge in [0.2, 0.25) is 0 Å². The number of hydrogen-bond acceptors (Lipinski definition) is 3. The molecular formula is C14H30N2O. The minimum Gasteiger partial charge on any atom is -0.377 e. The van der Waals surface area contributed by atoms with Crippen LogP contribution in [-0.2, 0) is 4.74 Å². The molecule has 1 saturated carbocycles. The molecule has 102 valence electrons. The van der Waals surface area contributed by atoms with E-state index in [9.17, 15) is 0 Å². The minimum absolute atomic E-state index is 0.0183. The summed E-state index contributed by atoms with van der Waals surface area (Å²) >= 11 is 0. The van der Waals surface area contributed by atoms with Gasteiger partial charge in [-0.25, -0.2) is 0 Å². The van der Waals surface area contributed by atoms with Crippen LogP contribution in [0.3, 0.4) is 0 Å². The van der Waals surface area contributed by atoms with Crippen molar-refractivity contribution < 1.29 is 4.74 Å². The molecule has 17 heavy (non-hydrogen) atoms. The highest BCUT2D eigenvalue weighted by atomic mass is 16.5. The van der Waals surface area contributed by atoms with Gasteiger partial charge in [-0.15, -0.1) is 0 Å². The second-order valence-electron chi connectivity index (χ2n) is 5.47. The van der Waals surface area contributed by atoms with Gasteiger partial charge in [0.25, 0.3) is 0 Å². The Bertz CT molecular complexity index is 198. The molecule has 0 spiro atoms. The maximum Gasteiger partial charge on any atom is 0.0844 e. The van der Waals surface area contributed by atoms with E-state index in [2.05, 4.69) is 19.3 Å². The molecule has 0 amide bonds. The SMILES string of the molecule is CCC(CC)CC(NN)C1(OC)CCCCC1. The highest BCUT2D eigenvalue weighted by Crippen LogP contribution is 2.36. The molecule has 1 aliphatic carbocycles. The van der Waals surface area contributed by atoms with E-state index in [1.54, 1.807) is 0 Å². The molecule has 1 rings (SSSR count). The molecular weight excluding hydrogens is 212 g/mol. The first-order valence-electron chi connectivity index (χ1n) is 7.23. The summed E-state index contributed by atoms with van der Waals surface area (Å²) in [4.78, 5) is 0. The van der Waals surface area contributed by atoms with E-state index in [0.717, 1.165) is 25.2 Å². The van der Waals surface area contributed by atoms with Crippen LogP contribution in [0.5, 0.6) is 0 Å². The highest BCUT2D eigenvalue weighted by Gasteiger charge is 2.40. The van der Waals surface area contributed by atoms with Gasteiger partial charge in [-0.1, -0.05) is 46.0 Å². The lowest BCUT2D eigenvalue weighted by Crippen LogP contribution is -2.56. The summed E-state index contributed by atoms with van der Waals surface area (Å²) in [6.45, 7) is 4.53. The largest absolute Gasteiger partial charge is 0.377 e. The zero-order chi connectivity index (χ0) is 12.7. The fourth-order valence-corrected chi connectivity index (χ4v) is 3.24. The Kier molecular flexibility index (Phi) is 6.45. The molecule has 0 bridgehead atoms. The summed E-state index contributed by atoms with van der Waals surface area (Å²) in [5, 5.41) is 0. The maximum atomic E-state index is 5.88. The zero-order valence-electron chi connectivity index (χ0n) is 11.8. The average Bonchev–Trinajstić information content (AvgIpc) is 2.41. The van der Waals surface area contributed by atoms with Gasteiger partial charge in [-0.3, -0.25) is 11.3 Å². The van der Waals surface area contributed by atoms with Crippen molar-refractivity contribution in [3.8, 4) is 0 Å². The fourth-order valence-electron chi connectivity index (χ4n) is 3.24. The number of rotatable bonds is 7. The lowest BCUT2D eigenvalue weighted by molar-refractivity contribution is -0.0728. The van der Waals surface area contributed by atoms with Gasteiger partial charge in [0.05, 0.1) is 11.6 Å². The first kappa shape index (κ1) is 14.9. The second-order valence-corrected chi connectivity index (χ2v) is 5.47. The number of hydrogen-bond donors (Lipinski definition) is 2. The van der Waals surface area contributed by atoms with Gasteiger partial charge >= 0.3 is 0 Å². The minimum atomic E-state index is -0.0183. The topological polar surface area (TPSA) is 47.3 Å². The van der Waals surface area contributed by atoms with Crippen LogP contribution in [0, 0.1) is 5.92 Å². The van der Waals surface area contributed by atoms with Crippen LogP contribution in [0.4, 0.5) is 0 Å². The fraction of sp³-hybridized carbons (Fsp3) is 1.00. The Morgan fingerprint density at radius 3 is 2.18 bits per heavy atom. The predicted molar refractivity (Wildman–Crippen MR) is 72.6 cm³/mol. The van der Waals surface area contributed by atoms with Gasteiger partial charge < -0.3 is 4.74 Å². The molecule has 0 aliphatic heterocycles. The average molecular weight is 242 g/mol. The third kappa shape index (κ3) is 3.67. The summed E-state index contributed by atoms with van der Waals surface area (Å²) < 4.78 is 5.88. The Labute approximate surface area is 106 Å². The lowest BCUT2D eigenvalue weighted by Gasteiger charge is -2.43. The van der Waals surface area contributed by atoms with Crippen LogP contribution in [0.15, 0.2) is 0 Å². The summed E-state index contributed by atoms with van der Waals surface area (Å²) in [5.74, 6) is 6.55. The van der Waals surface area contributed by atoms with Gasteiger partial charge in [0.1, 0.15) is 0 Å². The number of hydrazine groups is 1. The van der Waals surface area contributed by atoms with Crippen molar-refractivity contribution in [1.29, 1.82) is 0 Å². The number of ether oxygens (including phenoxy) is 1. The first-order chi connectivity index (χ1) is 8.22. The third-order valence-electron chi connectivity index (χ3n) is 4.67. The zero-order valence-corrected chi connectivity index (χ0v) is 11.8. The van der Waals surface area contributed by atoms with E-state index in [0.29, 0.717) is 6.04 Å². The number of methoxy groups -OCH3 is 1. The normalized spacial score (nSPS) is 21.7. The molecule has 0 heterocycles. The van der Waals surface area contributed by atoms with Crippen LogP contribution < -0.4 is 11.3 Å². The maximum absolute atomic E-state index is 5.88. The molecule has 1 aliphatic rings. The van der Waals surface area contributed by atoms with E-state index in [4.69, 9.17) is 10.6 Å². The van der Waals surface area contributed by atoms with Gasteiger partial charge in [-0.05, 0) is 25.2 Å². The highest BCUT2D eigenvalue weighted by molar-refractivity contribution is 4.95. The molecule has 3 N–H and O–H groups in total. The number of nitrogens with one attached hydrogen (secondary N) is 1. The van der Waals surface area contributed by atoms with Gasteiger partial charge in [0, 0.05) is 7.11 Å². The molecule has 0 aromatic rings. The van der Waals surface area contributed by atoms with Crippen LogP contribution in [0.2, 0.25) is 0 Å². The molecule has 3 nitrogen and oxygen atoms in total. The summed E-state index contributed by atoms with van der Waals surface area (Å²) in [6.07, 6.45) is 9.79. The van der Waals surface area contributed by atoms with E-state index in [1.165, 1.54) is 32.1 Å². The van der Waals surface area contributed by atoms with E-state index >= 15 is 0 Å².